The summed E-state index contributed by atoms with van der Waals surface area (Å²) >= 11 is 0. The summed E-state index contributed by atoms with van der Waals surface area (Å²) in [5, 5.41) is 6.93. The minimum atomic E-state index is -1.18. The summed E-state index contributed by atoms with van der Waals surface area (Å²) in [7, 11) is 1.61. The van der Waals surface area contributed by atoms with E-state index in [1.807, 2.05) is 62.4 Å². The number of benzene rings is 2. The molecule has 2 aromatic carbocycles. The molecule has 0 radical (unpaired) electrons. The molecule has 0 unspecified atom stereocenters. The molecule has 8 nitrogen and oxygen atoms in total. The fraction of sp³-hybridized carbons (Fsp3) is 0.393. The SMILES string of the molecule is COc1ccc(CCC(=O)N[C@]2(C(=O)N[C@H](C(N)=O)C(C)C)CCc3[nH]c4ccccc4c3C2)cc1. The van der Waals surface area contributed by atoms with E-state index >= 15 is 0 Å². The molecule has 5 N–H and O–H groups in total. The third-order valence-corrected chi connectivity index (χ3v) is 7.06. The molecule has 3 amide bonds. The predicted octanol–water partition coefficient (Wildman–Crippen LogP) is 2.78. The van der Waals surface area contributed by atoms with Crippen molar-refractivity contribution in [3.05, 3.63) is 65.4 Å². The number of nitrogens with one attached hydrogen (secondary N) is 3. The Hall–Kier alpha value is -3.81. The van der Waals surface area contributed by atoms with E-state index in [2.05, 4.69) is 15.6 Å². The lowest BCUT2D eigenvalue weighted by molar-refractivity contribution is -0.136. The standard InChI is InChI=1S/C28H34N4O4/c1-17(2)25(26(29)34)31-27(35)28(32-24(33)13-10-18-8-11-19(36-3)12-9-18)15-14-23-21(16-28)20-6-4-5-7-22(20)30-23/h4-9,11-12,17,25,30H,10,13-16H2,1-3H3,(H2,29,34)(H,31,35)(H,32,33)/t25-,28+/m0/s1. The number of carbonyl (C=O) groups is 3. The van der Waals surface area contributed by atoms with Crippen molar-refractivity contribution in [1.29, 1.82) is 0 Å². The molecule has 8 heteroatoms. The number of para-hydroxylation sites is 1. The van der Waals surface area contributed by atoms with E-state index in [1.54, 1.807) is 7.11 Å². The molecule has 3 aromatic rings. The summed E-state index contributed by atoms with van der Waals surface area (Å²) in [6.45, 7) is 3.66. The Bertz CT molecular complexity index is 1260. The van der Waals surface area contributed by atoms with Crippen molar-refractivity contribution in [3.63, 3.8) is 0 Å². The van der Waals surface area contributed by atoms with Crippen molar-refractivity contribution < 1.29 is 19.1 Å². The van der Waals surface area contributed by atoms with Crippen LogP contribution >= 0.6 is 0 Å². The molecule has 1 heterocycles. The highest BCUT2D eigenvalue weighted by molar-refractivity contribution is 5.96. The van der Waals surface area contributed by atoms with E-state index in [4.69, 9.17) is 10.5 Å². The number of aryl methyl sites for hydroxylation is 2. The number of hydrogen-bond acceptors (Lipinski definition) is 4. The topological polar surface area (TPSA) is 126 Å². The van der Waals surface area contributed by atoms with Crippen LogP contribution in [0.2, 0.25) is 0 Å². The summed E-state index contributed by atoms with van der Waals surface area (Å²) in [5.74, 6) is -0.618. The lowest BCUT2D eigenvalue weighted by Crippen LogP contribution is -2.64. The number of methoxy groups -OCH3 is 1. The Morgan fingerprint density at radius 2 is 1.83 bits per heavy atom. The van der Waals surface area contributed by atoms with Crippen molar-refractivity contribution in [2.75, 3.05) is 7.11 Å². The van der Waals surface area contributed by atoms with E-state index in [9.17, 15) is 14.4 Å². The molecule has 2 atom stereocenters. The summed E-state index contributed by atoms with van der Waals surface area (Å²) in [4.78, 5) is 42.4. The van der Waals surface area contributed by atoms with Gasteiger partial charge in [-0.05, 0) is 54.5 Å². The van der Waals surface area contributed by atoms with Gasteiger partial charge < -0.3 is 26.1 Å². The van der Waals surface area contributed by atoms with Gasteiger partial charge >= 0.3 is 0 Å². The lowest BCUT2D eigenvalue weighted by atomic mass is 9.78. The molecule has 190 valence electrons. The number of rotatable bonds is 9. The molecule has 4 rings (SSSR count). The molecule has 0 bridgehead atoms. The third kappa shape index (κ3) is 5.22. The zero-order chi connectivity index (χ0) is 25.9. The smallest absolute Gasteiger partial charge is 0.246 e. The number of carbonyl (C=O) groups excluding carboxylic acids is 3. The summed E-state index contributed by atoms with van der Waals surface area (Å²) < 4.78 is 5.19. The zero-order valence-corrected chi connectivity index (χ0v) is 21.0. The van der Waals surface area contributed by atoms with Crippen LogP contribution in [-0.2, 0) is 33.6 Å². The van der Waals surface area contributed by atoms with Crippen molar-refractivity contribution in [2.45, 2.75) is 57.5 Å². The van der Waals surface area contributed by atoms with Gasteiger partial charge in [0.2, 0.25) is 17.7 Å². The zero-order valence-electron chi connectivity index (χ0n) is 21.0. The van der Waals surface area contributed by atoms with E-state index in [-0.39, 0.29) is 24.2 Å². The number of H-pyrrole nitrogens is 1. The Balaban J connectivity index is 1.58. The predicted molar refractivity (Wildman–Crippen MR) is 138 cm³/mol. The molecule has 1 aliphatic rings. The van der Waals surface area contributed by atoms with Crippen LogP contribution in [0.4, 0.5) is 0 Å². The van der Waals surface area contributed by atoms with Crippen LogP contribution in [0, 0.1) is 5.92 Å². The highest BCUT2D eigenvalue weighted by Gasteiger charge is 2.45. The number of ether oxygens (including phenoxy) is 1. The first-order valence-corrected chi connectivity index (χ1v) is 12.3. The van der Waals surface area contributed by atoms with Crippen molar-refractivity contribution in [1.82, 2.24) is 15.6 Å². The van der Waals surface area contributed by atoms with Crippen LogP contribution in [0.15, 0.2) is 48.5 Å². The largest absolute Gasteiger partial charge is 0.497 e. The van der Waals surface area contributed by atoms with Gasteiger partial charge in [-0.25, -0.2) is 0 Å². The Morgan fingerprint density at radius 1 is 1.11 bits per heavy atom. The molecular formula is C28H34N4O4. The van der Waals surface area contributed by atoms with Gasteiger partial charge in [-0.1, -0.05) is 44.2 Å². The summed E-state index contributed by atoms with van der Waals surface area (Å²) in [6, 6.07) is 14.7. The van der Waals surface area contributed by atoms with E-state index < -0.39 is 17.5 Å². The van der Waals surface area contributed by atoms with Crippen LogP contribution in [0.1, 0.15) is 43.5 Å². The molecule has 0 saturated heterocycles. The van der Waals surface area contributed by atoms with Gasteiger partial charge in [0.15, 0.2) is 0 Å². The van der Waals surface area contributed by atoms with Crippen LogP contribution in [0.5, 0.6) is 5.75 Å². The quantitative estimate of drug-likeness (QED) is 0.368. The molecule has 0 aliphatic heterocycles. The number of nitrogens with two attached hydrogens (primary N) is 1. The maximum Gasteiger partial charge on any atom is 0.246 e. The third-order valence-electron chi connectivity index (χ3n) is 7.06. The normalized spacial score (nSPS) is 17.9. The molecule has 36 heavy (non-hydrogen) atoms. The van der Waals surface area contributed by atoms with Gasteiger partial charge in [0.1, 0.15) is 17.3 Å². The number of aromatic nitrogens is 1. The Labute approximate surface area is 211 Å². The van der Waals surface area contributed by atoms with Gasteiger partial charge in [0.25, 0.3) is 0 Å². The van der Waals surface area contributed by atoms with Crippen LogP contribution in [0.3, 0.4) is 0 Å². The Morgan fingerprint density at radius 3 is 2.50 bits per heavy atom. The first kappa shape index (κ1) is 25.3. The van der Waals surface area contributed by atoms with Crippen molar-refractivity contribution in [2.24, 2.45) is 11.7 Å². The van der Waals surface area contributed by atoms with E-state index in [1.165, 1.54) is 0 Å². The second kappa shape index (κ2) is 10.4. The van der Waals surface area contributed by atoms with E-state index in [0.717, 1.165) is 33.5 Å². The fourth-order valence-corrected chi connectivity index (χ4v) is 4.98. The highest BCUT2D eigenvalue weighted by Crippen LogP contribution is 2.34. The van der Waals surface area contributed by atoms with Gasteiger partial charge in [0, 0.05) is 29.4 Å². The van der Waals surface area contributed by atoms with Gasteiger partial charge in [-0.2, -0.15) is 0 Å². The monoisotopic (exact) mass is 490 g/mol. The number of hydrogen-bond donors (Lipinski definition) is 4. The average molecular weight is 491 g/mol. The van der Waals surface area contributed by atoms with Crippen LogP contribution in [0.25, 0.3) is 10.9 Å². The maximum absolute atomic E-state index is 13.7. The first-order chi connectivity index (χ1) is 17.2. The van der Waals surface area contributed by atoms with Gasteiger partial charge in [-0.15, -0.1) is 0 Å². The molecular weight excluding hydrogens is 456 g/mol. The van der Waals surface area contributed by atoms with E-state index in [0.29, 0.717) is 25.7 Å². The maximum atomic E-state index is 13.7. The van der Waals surface area contributed by atoms with Crippen molar-refractivity contribution >= 4 is 28.6 Å². The van der Waals surface area contributed by atoms with Crippen LogP contribution < -0.4 is 21.1 Å². The molecule has 1 aromatic heterocycles. The number of fused-ring (bicyclic) bond motifs is 3. The van der Waals surface area contributed by atoms with Crippen LogP contribution in [-0.4, -0.2) is 41.4 Å². The molecule has 0 spiro atoms. The summed E-state index contributed by atoms with van der Waals surface area (Å²) in [6.07, 6.45) is 2.10. The minimum absolute atomic E-state index is 0.179. The average Bonchev–Trinajstić information content (AvgIpc) is 3.23. The van der Waals surface area contributed by atoms with Gasteiger partial charge in [-0.3, -0.25) is 14.4 Å². The van der Waals surface area contributed by atoms with Crippen molar-refractivity contribution in [3.8, 4) is 5.75 Å². The number of amides is 3. The lowest BCUT2D eigenvalue weighted by Gasteiger charge is -2.38. The van der Waals surface area contributed by atoms with Gasteiger partial charge in [0.05, 0.1) is 7.11 Å². The molecule has 1 aliphatic carbocycles. The second-order valence-corrected chi connectivity index (χ2v) is 9.88. The highest BCUT2D eigenvalue weighted by atomic mass is 16.5. The number of primary amides is 1. The molecule has 0 fully saturated rings. The summed E-state index contributed by atoms with van der Waals surface area (Å²) in [5.41, 5.74) is 8.48. The fourth-order valence-electron chi connectivity index (χ4n) is 4.98. The Kier molecular flexibility index (Phi) is 7.33. The second-order valence-electron chi connectivity index (χ2n) is 9.88. The first-order valence-electron chi connectivity index (χ1n) is 12.3. The minimum Gasteiger partial charge on any atom is -0.497 e. The molecule has 0 saturated carbocycles. The number of aromatic amines is 1.